The number of H-pyrrole nitrogens is 1. The Labute approximate surface area is 176 Å². The number of aromatic amines is 1. The van der Waals surface area contributed by atoms with Crippen LogP contribution in [0.15, 0.2) is 29.2 Å². The smallest absolute Gasteiger partial charge is 0.252 e. The highest BCUT2D eigenvalue weighted by molar-refractivity contribution is 5.95. The number of benzene rings is 1. The Bertz CT molecular complexity index is 1340. The van der Waals surface area contributed by atoms with Gasteiger partial charge in [0.15, 0.2) is 0 Å². The van der Waals surface area contributed by atoms with Crippen LogP contribution in [0.25, 0.3) is 10.9 Å². The number of nitriles is 1. The van der Waals surface area contributed by atoms with Crippen molar-refractivity contribution in [2.45, 2.75) is 45.1 Å². The van der Waals surface area contributed by atoms with Crippen molar-refractivity contribution in [3.63, 3.8) is 0 Å². The van der Waals surface area contributed by atoms with E-state index in [1.165, 1.54) is 18.3 Å². The number of nitrogens with zero attached hydrogens (tertiary/aromatic N) is 2. The Balaban J connectivity index is 1.72. The van der Waals surface area contributed by atoms with Crippen LogP contribution in [0.3, 0.4) is 0 Å². The molecule has 0 bridgehead atoms. The second-order valence-electron chi connectivity index (χ2n) is 8.03. The number of halogens is 2. The number of hydrogen-bond donors (Lipinski definition) is 2. The number of nitrogens with one attached hydrogen (secondary N) is 2. The van der Waals surface area contributed by atoms with Crippen molar-refractivity contribution in [2.75, 3.05) is 0 Å². The third-order valence-corrected chi connectivity index (χ3v) is 6.04. The predicted octanol–water partition coefficient (Wildman–Crippen LogP) is 3.60. The molecule has 1 aliphatic rings. The highest BCUT2D eigenvalue weighted by Crippen LogP contribution is 2.49. The van der Waals surface area contributed by atoms with Crippen LogP contribution in [-0.2, 0) is 10.2 Å². The third-order valence-electron chi connectivity index (χ3n) is 6.04. The molecule has 31 heavy (non-hydrogen) atoms. The summed E-state index contributed by atoms with van der Waals surface area (Å²) in [6.07, 6.45) is 2.15. The van der Waals surface area contributed by atoms with Gasteiger partial charge in [0, 0.05) is 22.7 Å². The summed E-state index contributed by atoms with van der Waals surface area (Å²) in [5, 5.41) is 12.2. The minimum Gasteiger partial charge on any atom is -0.347 e. The van der Waals surface area contributed by atoms with E-state index >= 15 is 0 Å². The molecule has 2 N–H and O–H groups in total. The third kappa shape index (κ3) is 3.26. The zero-order chi connectivity index (χ0) is 22.5. The van der Waals surface area contributed by atoms with Crippen LogP contribution >= 0.6 is 0 Å². The van der Waals surface area contributed by atoms with E-state index < -0.39 is 23.2 Å². The Morgan fingerprint density at radius 2 is 1.97 bits per heavy atom. The number of carbonyl (C=O) groups is 1. The first-order chi connectivity index (χ1) is 14.7. The number of aromatic nitrogens is 2. The fourth-order valence-corrected chi connectivity index (χ4v) is 4.28. The summed E-state index contributed by atoms with van der Waals surface area (Å²) in [5.74, 6) is -1.49. The summed E-state index contributed by atoms with van der Waals surface area (Å²) in [4.78, 5) is 32.8. The van der Waals surface area contributed by atoms with E-state index in [1.54, 1.807) is 20.8 Å². The van der Waals surface area contributed by atoms with Crippen LogP contribution in [0, 0.1) is 36.8 Å². The summed E-state index contributed by atoms with van der Waals surface area (Å²) in [5.41, 5.74) is 0.440. The fraction of sp³-hybridized carbons (Fsp3) is 0.304. The minimum atomic E-state index is -1.05. The topological polar surface area (TPSA) is 98.6 Å². The first-order valence-electron chi connectivity index (χ1n) is 9.88. The molecule has 0 saturated heterocycles. The van der Waals surface area contributed by atoms with Crippen molar-refractivity contribution in [3.8, 4) is 6.07 Å². The molecule has 0 radical (unpaired) electrons. The minimum absolute atomic E-state index is 0.00482. The molecule has 0 aliphatic heterocycles. The lowest BCUT2D eigenvalue weighted by molar-refractivity contribution is -0.124. The quantitative estimate of drug-likeness (QED) is 0.671. The van der Waals surface area contributed by atoms with Crippen LogP contribution in [0.5, 0.6) is 0 Å². The maximum atomic E-state index is 14.3. The van der Waals surface area contributed by atoms with E-state index in [9.17, 15) is 18.4 Å². The summed E-state index contributed by atoms with van der Waals surface area (Å²) >= 11 is 0. The predicted molar refractivity (Wildman–Crippen MR) is 110 cm³/mol. The van der Waals surface area contributed by atoms with Gasteiger partial charge in [-0.05, 0) is 62.9 Å². The number of aryl methyl sites for hydroxylation is 2. The van der Waals surface area contributed by atoms with Crippen LogP contribution in [0.1, 0.15) is 53.8 Å². The Kier molecular flexibility index (Phi) is 4.85. The van der Waals surface area contributed by atoms with Gasteiger partial charge in [0.25, 0.3) is 5.56 Å². The zero-order valence-electron chi connectivity index (χ0n) is 17.3. The van der Waals surface area contributed by atoms with Gasteiger partial charge in [0.1, 0.15) is 17.7 Å². The Morgan fingerprint density at radius 3 is 2.58 bits per heavy atom. The van der Waals surface area contributed by atoms with E-state index in [4.69, 9.17) is 5.26 Å². The molecule has 2 aromatic heterocycles. The molecule has 3 aromatic rings. The number of fused-ring (bicyclic) bond motifs is 1. The van der Waals surface area contributed by atoms with Gasteiger partial charge in [-0.3, -0.25) is 14.6 Å². The highest BCUT2D eigenvalue weighted by atomic mass is 19.1. The fourth-order valence-electron chi connectivity index (χ4n) is 4.28. The van der Waals surface area contributed by atoms with Gasteiger partial charge in [0.2, 0.25) is 5.91 Å². The Hall–Kier alpha value is -3.60. The maximum Gasteiger partial charge on any atom is 0.252 e. The molecule has 1 aliphatic carbocycles. The molecule has 1 aromatic carbocycles. The largest absolute Gasteiger partial charge is 0.347 e. The standard InChI is InChI=1S/C23H20F2N4O2/c1-11-15(24)4-5-17-18(11)12(2)19(21(30)29-17)23(6-7-23)22(31)28-13(3)20-16(25)8-14(9-26)10-27-20/h4-5,8,10,13H,6-7H2,1-3H3,(H,28,31)(H,29,30). The molecule has 6 nitrogen and oxygen atoms in total. The van der Waals surface area contributed by atoms with E-state index in [1.807, 2.05) is 6.07 Å². The zero-order valence-corrected chi connectivity index (χ0v) is 17.3. The monoisotopic (exact) mass is 422 g/mol. The number of hydrogen-bond acceptors (Lipinski definition) is 4. The molecule has 2 heterocycles. The normalized spacial score (nSPS) is 15.4. The first kappa shape index (κ1) is 20.7. The van der Waals surface area contributed by atoms with Crippen molar-refractivity contribution in [1.82, 2.24) is 15.3 Å². The van der Waals surface area contributed by atoms with Gasteiger partial charge >= 0.3 is 0 Å². The average molecular weight is 422 g/mol. The van der Waals surface area contributed by atoms with E-state index in [0.717, 1.165) is 6.07 Å². The second-order valence-corrected chi connectivity index (χ2v) is 8.03. The molecule has 0 spiro atoms. The molecule has 8 heteroatoms. The highest BCUT2D eigenvalue weighted by Gasteiger charge is 2.54. The van der Waals surface area contributed by atoms with Crippen molar-refractivity contribution in [1.29, 1.82) is 5.26 Å². The van der Waals surface area contributed by atoms with Crippen LogP contribution in [-0.4, -0.2) is 15.9 Å². The van der Waals surface area contributed by atoms with Crippen molar-refractivity contribution in [3.05, 3.63) is 74.3 Å². The Morgan fingerprint density at radius 1 is 1.26 bits per heavy atom. The van der Waals surface area contributed by atoms with Gasteiger partial charge in [-0.2, -0.15) is 5.26 Å². The average Bonchev–Trinajstić information content (AvgIpc) is 3.52. The first-order valence-corrected chi connectivity index (χ1v) is 9.88. The second kappa shape index (κ2) is 7.27. The number of pyridine rings is 2. The molecule has 1 saturated carbocycles. The van der Waals surface area contributed by atoms with Crippen LogP contribution < -0.4 is 10.9 Å². The number of amides is 1. The van der Waals surface area contributed by atoms with E-state index in [-0.39, 0.29) is 22.6 Å². The lowest BCUT2D eigenvalue weighted by Gasteiger charge is -2.22. The van der Waals surface area contributed by atoms with E-state index in [2.05, 4.69) is 15.3 Å². The SMILES string of the molecule is Cc1c(F)ccc2[nH]c(=O)c(C3(C(=O)NC(C)c4ncc(C#N)cc4F)CC3)c(C)c12. The maximum absolute atomic E-state index is 14.3. The van der Waals surface area contributed by atoms with Crippen LogP contribution in [0.4, 0.5) is 8.78 Å². The molecule has 1 unspecified atom stereocenters. The number of rotatable bonds is 4. The summed E-state index contributed by atoms with van der Waals surface area (Å²) < 4.78 is 28.5. The van der Waals surface area contributed by atoms with Gasteiger partial charge < -0.3 is 10.3 Å². The molecule has 158 valence electrons. The molecule has 1 fully saturated rings. The molecule has 4 rings (SSSR count). The summed E-state index contributed by atoms with van der Waals surface area (Å²) in [6.45, 7) is 4.94. The summed E-state index contributed by atoms with van der Waals surface area (Å²) in [6, 6.07) is 4.92. The summed E-state index contributed by atoms with van der Waals surface area (Å²) in [7, 11) is 0. The van der Waals surface area contributed by atoms with Gasteiger partial charge in [-0.1, -0.05) is 0 Å². The molecule has 1 amide bonds. The van der Waals surface area contributed by atoms with E-state index in [0.29, 0.717) is 40.4 Å². The lowest BCUT2D eigenvalue weighted by atomic mass is 9.88. The van der Waals surface area contributed by atoms with Gasteiger partial charge in [0.05, 0.1) is 22.7 Å². The van der Waals surface area contributed by atoms with Crippen molar-refractivity contribution >= 4 is 16.8 Å². The lowest BCUT2D eigenvalue weighted by Crippen LogP contribution is -2.40. The van der Waals surface area contributed by atoms with Gasteiger partial charge in [-0.15, -0.1) is 0 Å². The molecular formula is C23H20F2N4O2. The van der Waals surface area contributed by atoms with Gasteiger partial charge in [-0.25, -0.2) is 8.78 Å². The van der Waals surface area contributed by atoms with Crippen molar-refractivity contribution in [2.24, 2.45) is 0 Å². The molecule has 1 atom stereocenters. The number of carbonyl (C=O) groups excluding carboxylic acids is 1. The van der Waals surface area contributed by atoms with Crippen molar-refractivity contribution < 1.29 is 13.6 Å². The molecular weight excluding hydrogens is 402 g/mol. The van der Waals surface area contributed by atoms with Crippen LogP contribution in [0.2, 0.25) is 0 Å².